The van der Waals surface area contributed by atoms with E-state index in [0.717, 1.165) is 64.2 Å². The smallest absolute Gasteiger partial charge is 0.306 e. The topological polar surface area (TPSA) is 175 Å². The Balaban J connectivity index is 2.50. The maximum Gasteiger partial charge on any atom is 0.306 e. The summed E-state index contributed by atoms with van der Waals surface area (Å²) >= 11 is 0. The zero-order chi connectivity index (χ0) is 66.0. The summed E-state index contributed by atoms with van der Waals surface area (Å²) in [4.78, 5) is 26.8. The van der Waals surface area contributed by atoms with Gasteiger partial charge >= 0.3 is 5.97 Å². The highest BCUT2D eigenvalue weighted by Crippen LogP contribution is 2.27. The van der Waals surface area contributed by atoms with Crippen LogP contribution in [0.4, 0.5) is 0 Å². The van der Waals surface area contributed by atoms with Crippen LogP contribution in [0.15, 0.2) is 36.5 Å². The van der Waals surface area contributed by atoms with E-state index in [9.17, 15) is 35.1 Å². The lowest BCUT2D eigenvalue weighted by Crippen LogP contribution is -2.61. The molecule has 1 amide bonds. The van der Waals surface area contributed by atoms with Crippen LogP contribution in [0.2, 0.25) is 0 Å². The Hall–Kier alpha value is -2.12. The summed E-state index contributed by atoms with van der Waals surface area (Å²) in [7, 11) is 0. The zero-order valence-corrected chi connectivity index (χ0v) is 60.0. The van der Waals surface area contributed by atoms with Crippen molar-refractivity contribution in [2.75, 3.05) is 13.2 Å². The van der Waals surface area contributed by atoms with E-state index in [1.54, 1.807) is 6.08 Å². The second kappa shape index (κ2) is 67.8. The molecule has 8 unspecified atom stereocenters. The molecule has 0 bridgehead atoms. The molecule has 1 saturated heterocycles. The molecular weight excluding hydrogens is 1130 g/mol. The van der Waals surface area contributed by atoms with E-state index in [0.29, 0.717) is 19.3 Å². The fourth-order valence-corrected chi connectivity index (χ4v) is 12.8. The Kier molecular flexibility index (Phi) is 64.8. The second-order valence-electron chi connectivity index (χ2n) is 27.8. The maximum absolute atomic E-state index is 13.5. The van der Waals surface area contributed by atoms with Gasteiger partial charge in [0.05, 0.1) is 25.4 Å². The van der Waals surface area contributed by atoms with Crippen molar-refractivity contribution in [1.82, 2.24) is 5.32 Å². The second-order valence-corrected chi connectivity index (χ2v) is 27.8. The molecule has 0 aromatic heterocycles. The summed E-state index contributed by atoms with van der Waals surface area (Å²) in [5.41, 5.74) is 0. The molecule has 1 fully saturated rings. The van der Waals surface area contributed by atoms with Gasteiger partial charge < -0.3 is 45.1 Å². The van der Waals surface area contributed by atoms with Gasteiger partial charge in [-0.15, -0.1) is 0 Å². The van der Waals surface area contributed by atoms with Crippen molar-refractivity contribution >= 4 is 11.9 Å². The number of carbonyl (C=O) groups is 2. The Morgan fingerprint density at radius 1 is 0.429 bits per heavy atom. The average Bonchev–Trinajstić information content (AvgIpc) is 0.969. The highest BCUT2D eigenvalue weighted by Gasteiger charge is 2.47. The Labute approximate surface area is 562 Å². The largest absolute Gasteiger partial charge is 0.454 e. The van der Waals surface area contributed by atoms with Gasteiger partial charge in [-0.1, -0.05) is 372 Å². The first kappa shape index (κ1) is 86.9. The van der Waals surface area contributed by atoms with Crippen LogP contribution in [0.25, 0.3) is 0 Å². The van der Waals surface area contributed by atoms with Crippen LogP contribution in [0.3, 0.4) is 0 Å². The third-order valence-corrected chi connectivity index (χ3v) is 19.0. The number of ether oxygens (including phenoxy) is 3. The van der Waals surface area contributed by atoms with Gasteiger partial charge in [-0.05, 0) is 57.8 Å². The van der Waals surface area contributed by atoms with Crippen molar-refractivity contribution in [2.45, 2.75) is 449 Å². The summed E-state index contributed by atoms with van der Waals surface area (Å²) in [5.74, 6) is -1.17. The number of hydrogen-bond acceptors (Lipinski definition) is 10. The van der Waals surface area contributed by atoms with Crippen LogP contribution in [0.1, 0.15) is 400 Å². The van der Waals surface area contributed by atoms with Crippen LogP contribution in [0, 0.1) is 0 Å². The van der Waals surface area contributed by atoms with Crippen molar-refractivity contribution in [2.24, 2.45) is 0 Å². The molecule has 0 spiro atoms. The van der Waals surface area contributed by atoms with Gasteiger partial charge in [0.2, 0.25) is 5.91 Å². The van der Waals surface area contributed by atoms with Crippen LogP contribution in [-0.4, -0.2) is 99.6 Å². The number of allylic oxidation sites excluding steroid dienone is 5. The molecule has 1 rings (SSSR count). The zero-order valence-electron chi connectivity index (χ0n) is 60.0. The third-order valence-electron chi connectivity index (χ3n) is 19.0. The van der Waals surface area contributed by atoms with Crippen LogP contribution < -0.4 is 5.32 Å². The van der Waals surface area contributed by atoms with Crippen LogP contribution in [-0.2, 0) is 23.8 Å². The van der Waals surface area contributed by atoms with Crippen LogP contribution in [0.5, 0.6) is 0 Å². The molecule has 6 N–H and O–H groups in total. The summed E-state index contributed by atoms with van der Waals surface area (Å²) in [5, 5.41) is 57.5. The predicted octanol–water partition coefficient (Wildman–Crippen LogP) is 21.3. The van der Waals surface area contributed by atoms with Crippen molar-refractivity contribution in [3.8, 4) is 0 Å². The van der Waals surface area contributed by atoms with E-state index in [4.69, 9.17) is 14.2 Å². The molecule has 1 aliphatic rings. The molecule has 0 saturated carbocycles. The number of carbonyl (C=O) groups excluding carboxylic acids is 2. The van der Waals surface area contributed by atoms with Crippen molar-refractivity contribution in [1.29, 1.82) is 0 Å². The molecule has 91 heavy (non-hydrogen) atoms. The van der Waals surface area contributed by atoms with Crippen molar-refractivity contribution in [3.63, 3.8) is 0 Å². The number of nitrogens with one attached hydrogen (secondary N) is 1. The van der Waals surface area contributed by atoms with E-state index in [-0.39, 0.29) is 13.0 Å². The summed E-state index contributed by atoms with van der Waals surface area (Å²) in [6.07, 6.45) is 74.8. The SMILES string of the molecule is CCCCC/C=C\C/C=C\CCCCCCCCCCCCCCCCCCC(O)C(=O)NC(COC1OC(CO)C(O)C(O)C1OC(=O)CCCCCCCCCCCCCCCCCCCCCCCCC)C(O)/C=C/CCCCCCCCCCCCC. The van der Waals surface area contributed by atoms with Gasteiger partial charge in [0.25, 0.3) is 0 Å². The minimum absolute atomic E-state index is 0.131. The highest BCUT2D eigenvalue weighted by atomic mass is 16.7. The van der Waals surface area contributed by atoms with E-state index in [1.807, 2.05) is 6.08 Å². The van der Waals surface area contributed by atoms with Gasteiger partial charge in [-0.2, -0.15) is 0 Å². The molecule has 0 aromatic carbocycles. The third kappa shape index (κ3) is 54.7. The van der Waals surface area contributed by atoms with Crippen molar-refractivity contribution < 1.29 is 49.3 Å². The minimum Gasteiger partial charge on any atom is -0.454 e. The molecule has 536 valence electrons. The Bertz CT molecular complexity index is 1620. The number of aliphatic hydroxyl groups excluding tert-OH is 5. The van der Waals surface area contributed by atoms with Gasteiger partial charge in [-0.25, -0.2) is 0 Å². The molecule has 0 aliphatic carbocycles. The molecule has 0 radical (unpaired) electrons. The lowest BCUT2D eigenvalue weighted by Gasteiger charge is -2.41. The molecule has 8 atom stereocenters. The lowest BCUT2D eigenvalue weighted by molar-refractivity contribution is -0.305. The van der Waals surface area contributed by atoms with Crippen molar-refractivity contribution in [3.05, 3.63) is 36.5 Å². The molecule has 11 heteroatoms. The maximum atomic E-state index is 13.5. The fourth-order valence-electron chi connectivity index (χ4n) is 12.8. The van der Waals surface area contributed by atoms with Gasteiger partial charge in [0.1, 0.15) is 24.4 Å². The number of aliphatic hydroxyl groups is 5. The average molecular weight is 1290 g/mol. The van der Waals surface area contributed by atoms with Crippen LogP contribution >= 0.6 is 0 Å². The Morgan fingerprint density at radius 2 is 0.758 bits per heavy atom. The molecule has 0 aromatic rings. The highest BCUT2D eigenvalue weighted by molar-refractivity contribution is 5.80. The number of esters is 1. The first-order valence-corrected chi connectivity index (χ1v) is 39.8. The predicted molar refractivity (Wildman–Crippen MR) is 384 cm³/mol. The Morgan fingerprint density at radius 3 is 1.14 bits per heavy atom. The number of hydrogen-bond donors (Lipinski definition) is 6. The first-order chi connectivity index (χ1) is 44.7. The van der Waals surface area contributed by atoms with Gasteiger partial charge in [0.15, 0.2) is 12.4 Å². The minimum atomic E-state index is -1.61. The molecule has 1 aliphatic heterocycles. The monoisotopic (exact) mass is 1290 g/mol. The molecular formula is C80H151NO10. The number of rotatable bonds is 70. The summed E-state index contributed by atoms with van der Waals surface area (Å²) < 4.78 is 17.8. The van der Waals surface area contributed by atoms with Gasteiger partial charge in [0, 0.05) is 6.42 Å². The first-order valence-electron chi connectivity index (χ1n) is 39.8. The standard InChI is InChI=1S/C80H151NO10/c1-4-7-10-13-16-19-22-25-27-29-31-33-35-36-37-39-40-42-44-46-49-52-55-58-61-64-67-73(84)79(88)81-71(72(83)66-63-60-57-54-51-48-24-21-18-15-12-9-6-3)70-89-80-78(77(87)76(86)74(69-82)90-80)91-75(85)68-65-62-59-56-53-50-47-45-43-41-38-34-32-30-28-26-23-20-17-14-11-8-5-2/h16,19,25,27,63,66,71-74,76-78,80,82-84,86-87H,4-15,17-18,20-24,26,28-62,64-65,67-70H2,1-3H3,(H,81,88)/b19-16-,27-25-,66-63+. The van der Waals surface area contributed by atoms with E-state index in [2.05, 4.69) is 50.4 Å². The summed E-state index contributed by atoms with van der Waals surface area (Å²) in [6, 6.07) is -1.02. The van der Waals surface area contributed by atoms with Gasteiger partial charge in [-0.3, -0.25) is 9.59 Å². The number of unbranched alkanes of at least 4 members (excludes halogenated alkanes) is 52. The van der Waals surface area contributed by atoms with E-state index in [1.165, 1.54) is 289 Å². The summed E-state index contributed by atoms with van der Waals surface area (Å²) in [6.45, 7) is 5.85. The molecule has 1 heterocycles. The normalized spacial score (nSPS) is 18.1. The lowest BCUT2D eigenvalue weighted by atomic mass is 9.99. The number of amides is 1. The quantitative estimate of drug-likeness (QED) is 0.0195. The fraction of sp³-hybridized carbons (Fsp3) is 0.900. The molecule has 11 nitrogen and oxygen atoms in total. The van der Waals surface area contributed by atoms with E-state index >= 15 is 0 Å². The van der Waals surface area contributed by atoms with E-state index < -0.39 is 67.4 Å².